The maximum atomic E-state index is 6.14. The standard InChI is InChI=1S/C14H14BrClN2O/c1-4-10-12(15)13(16)18-14(17-10)9-6-5-8(2)7-11(9)19-3/h5-7H,4H2,1-3H3. The molecule has 1 aromatic heterocycles. The topological polar surface area (TPSA) is 35.0 Å². The van der Waals surface area contributed by atoms with Crippen molar-refractivity contribution >= 4 is 27.5 Å². The minimum absolute atomic E-state index is 0.421. The molecule has 1 heterocycles. The van der Waals surface area contributed by atoms with Gasteiger partial charge in [0.15, 0.2) is 5.82 Å². The van der Waals surface area contributed by atoms with E-state index in [9.17, 15) is 0 Å². The average Bonchev–Trinajstić information content (AvgIpc) is 2.41. The fourth-order valence-corrected chi connectivity index (χ4v) is 2.45. The highest BCUT2D eigenvalue weighted by atomic mass is 79.9. The highest BCUT2D eigenvalue weighted by Gasteiger charge is 2.14. The lowest BCUT2D eigenvalue weighted by molar-refractivity contribution is 0.416. The number of hydrogen-bond acceptors (Lipinski definition) is 3. The first-order valence-corrected chi connectivity index (χ1v) is 7.10. The number of ether oxygens (including phenoxy) is 1. The Kier molecular flexibility index (Phi) is 4.42. The van der Waals surface area contributed by atoms with E-state index in [4.69, 9.17) is 16.3 Å². The van der Waals surface area contributed by atoms with Crippen LogP contribution in [0.4, 0.5) is 0 Å². The summed E-state index contributed by atoms with van der Waals surface area (Å²) in [6, 6.07) is 5.91. The lowest BCUT2D eigenvalue weighted by Crippen LogP contribution is -1.99. The number of nitrogens with zero attached hydrogens (tertiary/aromatic N) is 2. The quantitative estimate of drug-likeness (QED) is 0.774. The summed E-state index contributed by atoms with van der Waals surface area (Å²) >= 11 is 9.54. The van der Waals surface area contributed by atoms with Crippen molar-refractivity contribution in [2.75, 3.05) is 7.11 Å². The second-order valence-electron chi connectivity index (χ2n) is 4.16. The molecule has 0 atom stereocenters. The summed E-state index contributed by atoms with van der Waals surface area (Å²) in [5.74, 6) is 1.34. The van der Waals surface area contributed by atoms with Crippen LogP contribution in [0.5, 0.6) is 5.75 Å². The van der Waals surface area contributed by atoms with E-state index in [-0.39, 0.29) is 0 Å². The molecular formula is C14H14BrClN2O. The second-order valence-corrected chi connectivity index (χ2v) is 5.31. The Bertz CT molecular complexity index is 617. The van der Waals surface area contributed by atoms with Crippen LogP contribution in [0.2, 0.25) is 5.15 Å². The molecule has 0 spiro atoms. The van der Waals surface area contributed by atoms with Crippen LogP contribution in [-0.4, -0.2) is 17.1 Å². The van der Waals surface area contributed by atoms with Crippen molar-refractivity contribution in [3.63, 3.8) is 0 Å². The number of hydrogen-bond donors (Lipinski definition) is 0. The van der Waals surface area contributed by atoms with Gasteiger partial charge in [-0.25, -0.2) is 9.97 Å². The largest absolute Gasteiger partial charge is 0.496 e. The van der Waals surface area contributed by atoms with Crippen LogP contribution >= 0.6 is 27.5 Å². The molecule has 0 bridgehead atoms. The maximum absolute atomic E-state index is 6.14. The molecule has 0 aliphatic heterocycles. The number of halogens is 2. The van der Waals surface area contributed by atoms with Crippen LogP contribution in [0.3, 0.4) is 0 Å². The molecule has 2 rings (SSSR count). The predicted molar refractivity (Wildman–Crippen MR) is 80.8 cm³/mol. The third kappa shape index (κ3) is 2.90. The van der Waals surface area contributed by atoms with Crippen molar-refractivity contribution in [1.82, 2.24) is 9.97 Å². The van der Waals surface area contributed by atoms with Gasteiger partial charge in [0.2, 0.25) is 0 Å². The van der Waals surface area contributed by atoms with Crippen molar-refractivity contribution in [3.8, 4) is 17.1 Å². The molecule has 0 fully saturated rings. The Morgan fingerprint density at radius 1 is 1.32 bits per heavy atom. The van der Waals surface area contributed by atoms with Crippen molar-refractivity contribution in [2.45, 2.75) is 20.3 Å². The molecule has 0 saturated carbocycles. The first-order chi connectivity index (χ1) is 9.06. The van der Waals surface area contributed by atoms with Crippen molar-refractivity contribution < 1.29 is 4.74 Å². The zero-order valence-corrected chi connectivity index (χ0v) is 13.3. The van der Waals surface area contributed by atoms with Crippen LogP contribution in [0, 0.1) is 6.92 Å². The summed E-state index contributed by atoms with van der Waals surface area (Å²) in [6.45, 7) is 4.04. The van der Waals surface area contributed by atoms with E-state index in [0.717, 1.165) is 33.5 Å². The molecule has 0 amide bonds. The molecule has 19 heavy (non-hydrogen) atoms. The summed E-state index contributed by atoms with van der Waals surface area (Å²) in [4.78, 5) is 8.85. The van der Waals surface area contributed by atoms with Crippen molar-refractivity contribution in [3.05, 3.63) is 39.1 Å². The predicted octanol–water partition coefficient (Wildman–Crippen LogP) is 4.44. The lowest BCUT2D eigenvalue weighted by Gasteiger charge is -2.10. The first kappa shape index (κ1) is 14.3. The molecule has 0 radical (unpaired) electrons. The number of benzene rings is 1. The molecule has 100 valence electrons. The van der Waals surface area contributed by atoms with Gasteiger partial charge in [-0.2, -0.15) is 0 Å². The molecule has 5 heteroatoms. The highest BCUT2D eigenvalue weighted by Crippen LogP contribution is 2.32. The number of methoxy groups -OCH3 is 1. The molecule has 0 aliphatic rings. The minimum Gasteiger partial charge on any atom is -0.496 e. The summed E-state index contributed by atoms with van der Waals surface area (Å²) in [5, 5.41) is 0.421. The van der Waals surface area contributed by atoms with Gasteiger partial charge in [-0.1, -0.05) is 24.6 Å². The van der Waals surface area contributed by atoms with E-state index in [1.807, 2.05) is 32.0 Å². The van der Waals surface area contributed by atoms with Gasteiger partial charge in [-0.3, -0.25) is 0 Å². The van der Waals surface area contributed by atoms with Crippen LogP contribution in [0.25, 0.3) is 11.4 Å². The van der Waals surface area contributed by atoms with Crippen LogP contribution in [0.1, 0.15) is 18.2 Å². The van der Waals surface area contributed by atoms with Crippen LogP contribution in [-0.2, 0) is 6.42 Å². The van der Waals surface area contributed by atoms with Gasteiger partial charge >= 0.3 is 0 Å². The summed E-state index contributed by atoms with van der Waals surface area (Å²) in [7, 11) is 1.64. The lowest BCUT2D eigenvalue weighted by atomic mass is 10.1. The number of aryl methyl sites for hydroxylation is 2. The smallest absolute Gasteiger partial charge is 0.164 e. The van der Waals surface area contributed by atoms with E-state index in [2.05, 4.69) is 25.9 Å². The molecule has 0 aliphatic carbocycles. The van der Waals surface area contributed by atoms with Gasteiger partial charge in [0, 0.05) is 0 Å². The third-order valence-electron chi connectivity index (χ3n) is 2.81. The molecule has 1 aromatic carbocycles. The Morgan fingerprint density at radius 3 is 2.68 bits per heavy atom. The van der Waals surface area contributed by atoms with E-state index < -0.39 is 0 Å². The Labute approximate surface area is 126 Å². The molecule has 3 nitrogen and oxygen atoms in total. The molecule has 0 N–H and O–H groups in total. The average molecular weight is 342 g/mol. The zero-order valence-electron chi connectivity index (χ0n) is 11.0. The van der Waals surface area contributed by atoms with Gasteiger partial charge in [0.05, 0.1) is 22.8 Å². The van der Waals surface area contributed by atoms with Gasteiger partial charge < -0.3 is 4.74 Å². The van der Waals surface area contributed by atoms with E-state index in [0.29, 0.717) is 11.0 Å². The molecular weight excluding hydrogens is 328 g/mol. The van der Waals surface area contributed by atoms with Crippen molar-refractivity contribution in [2.24, 2.45) is 0 Å². The zero-order chi connectivity index (χ0) is 14.0. The van der Waals surface area contributed by atoms with Crippen molar-refractivity contribution in [1.29, 1.82) is 0 Å². The third-order valence-corrected chi connectivity index (χ3v) is 4.15. The number of rotatable bonds is 3. The first-order valence-electron chi connectivity index (χ1n) is 5.93. The second kappa shape index (κ2) is 5.88. The summed E-state index contributed by atoms with van der Waals surface area (Å²) in [5.41, 5.74) is 2.86. The number of aromatic nitrogens is 2. The Hall–Kier alpha value is -1.13. The molecule has 0 unspecified atom stereocenters. The van der Waals surface area contributed by atoms with Gasteiger partial charge in [-0.15, -0.1) is 0 Å². The van der Waals surface area contributed by atoms with Gasteiger partial charge in [0.25, 0.3) is 0 Å². The minimum atomic E-state index is 0.421. The fourth-order valence-electron chi connectivity index (χ4n) is 1.80. The monoisotopic (exact) mass is 340 g/mol. The summed E-state index contributed by atoms with van der Waals surface area (Å²) in [6.07, 6.45) is 0.782. The van der Waals surface area contributed by atoms with Gasteiger partial charge in [0.1, 0.15) is 10.9 Å². The van der Waals surface area contributed by atoms with Gasteiger partial charge in [-0.05, 0) is 47.0 Å². The Balaban J connectivity index is 2.62. The van der Waals surface area contributed by atoms with E-state index in [1.165, 1.54) is 0 Å². The Morgan fingerprint density at radius 2 is 2.05 bits per heavy atom. The highest BCUT2D eigenvalue weighted by molar-refractivity contribution is 9.10. The van der Waals surface area contributed by atoms with E-state index >= 15 is 0 Å². The van der Waals surface area contributed by atoms with E-state index in [1.54, 1.807) is 7.11 Å². The fraction of sp³-hybridized carbons (Fsp3) is 0.286. The summed E-state index contributed by atoms with van der Waals surface area (Å²) < 4.78 is 6.15. The van der Waals surface area contributed by atoms with Crippen LogP contribution in [0.15, 0.2) is 22.7 Å². The maximum Gasteiger partial charge on any atom is 0.164 e. The normalized spacial score (nSPS) is 10.6. The SMILES string of the molecule is CCc1nc(-c2ccc(C)cc2OC)nc(Cl)c1Br. The molecule has 2 aromatic rings. The molecule has 0 saturated heterocycles. The van der Waals surface area contributed by atoms with Crippen LogP contribution < -0.4 is 4.74 Å².